The molecule has 0 radical (unpaired) electrons. The minimum atomic E-state index is -3.70. The Hall–Kier alpha value is -3.51. The molecule has 1 fully saturated rings. The number of nitrogens with one attached hydrogen (secondary N) is 1. The van der Waals surface area contributed by atoms with E-state index in [2.05, 4.69) is 20.1 Å². The average molecular weight is 441 g/mol. The van der Waals surface area contributed by atoms with Crippen molar-refractivity contribution in [2.24, 2.45) is 0 Å². The van der Waals surface area contributed by atoms with Crippen molar-refractivity contribution in [3.63, 3.8) is 0 Å². The molecule has 1 aliphatic rings. The van der Waals surface area contributed by atoms with E-state index in [0.29, 0.717) is 48.9 Å². The summed E-state index contributed by atoms with van der Waals surface area (Å²) in [5.41, 5.74) is 1.56. The van der Waals surface area contributed by atoms with Crippen LogP contribution in [-0.4, -0.2) is 63.6 Å². The lowest BCUT2D eigenvalue weighted by Gasteiger charge is -2.34. The zero-order valence-electron chi connectivity index (χ0n) is 16.6. The van der Waals surface area contributed by atoms with E-state index in [-0.39, 0.29) is 4.90 Å². The third-order valence-electron chi connectivity index (χ3n) is 5.19. The first-order valence-corrected chi connectivity index (χ1v) is 11.1. The molecular formula is C19H19N7O4S. The molecule has 0 spiro atoms. The monoisotopic (exact) mass is 441 g/mol. The zero-order chi connectivity index (χ0) is 21.6. The summed E-state index contributed by atoms with van der Waals surface area (Å²) in [6, 6.07) is 8.08. The topological polar surface area (TPSA) is 130 Å². The fourth-order valence-electron chi connectivity index (χ4n) is 3.58. The number of benzene rings is 1. The summed E-state index contributed by atoms with van der Waals surface area (Å²) in [4.78, 5) is 24.6. The number of aromatic amines is 1. The summed E-state index contributed by atoms with van der Waals surface area (Å²) in [5, 5.41) is 4.36. The Balaban J connectivity index is 1.33. The second-order valence-electron chi connectivity index (χ2n) is 7.20. The summed E-state index contributed by atoms with van der Waals surface area (Å²) in [5.74, 6) is 0.746. The highest BCUT2D eigenvalue weighted by molar-refractivity contribution is 7.89. The van der Waals surface area contributed by atoms with Crippen LogP contribution in [0.3, 0.4) is 0 Å². The molecule has 0 unspecified atom stereocenters. The van der Waals surface area contributed by atoms with Crippen LogP contribution in [0.15, 0.2) is 57.0 Å². The maximum absolute atomic E-state index is 13.1. The van der Waals surface area contributed by atoms with Gasteiger partial charge in [0.15, 0.2) is 11.4 Å². The molecule has 1 aromatic carbocycles. The van der Waals surface area contributed by atoms with E-state index < -0.39 is 15.8 Å². The molecule has 31 heavy (non-hydrogen) atoms. The molecule has 1 aliphatic heterocycles. The lowest BCUT2D eigenvalue weighted by atomic mass is 10.3. The molecule has 1 saturated heterocycles. The Bertz CT molecular complexity index is 1410. The van der Waals surface area contributed by atoms with Gasteiger partial charge in [0.05, 0.1) is 16.1 Å². The highest BCUT2D eigenvalue weighted by Crippen LogP contribution is 2.23. The van der Waals surface area contributed by atoms with Crippen molar-refractivity contribution in [3.05, 3.63) is 59.1 Å². The van der Waals surface area contributed by atoms with E-state index >= 15 is 0 Å². The van der Waals surface area contributed by atoms with Gasteiger partial charge in [0.1, 0.15) is 12.1 Å². The largest absolute Gasteiger partial charge is 0.417 e. The Kier molecular flexibility index (Phi) is 4.59. The second-order valence-corrected chi connectivity index (χ2v) is 9.14. The van der Waals surface area contributed by atoms with Crippen LogP contribution in [0, 0.1) is 6.92 Å². The maximum atomic E-state index is 13.1. The van der Waals surface area contributed by atoms with Crippen molar-refractivity contribution in [1.82, 2.24) is 29.0 Å². The minimum Gasteiger partial charge on any atom is -0.408 e. The molecule has 3 aromatic heterocycles. The predicted molar refractivity (Wildman–Crippen MR) is 112 cm³/mol. The van der Waals surface area contributed by atoms with Crippen LogP contribution in [0.4, 0.5) is 5.82 Å². The van der Waals surface area contributed by atoms with Crippen LogP contribution in [0.1, 0.15) is 5.69 Å². The van der Waals surface area contributed by atoms with Crippen molar-refractivity contribution in [2.75, 3.05) is 31.1 Å². The van der Waals surface area contributed by atoms with Gasteiger partial charge in [0.25, 0.3) is 0 Å². The van der Waals surface area contributed by atoms with Crippen LogP contribution in [0.2, 0.25) is 0 Å². The number of H-pyrrole nitrogens is 1. The second kappa shape index (κ2) is 7.32. The Morgan fingerprint density at radius 3 is 2.55 bits per heavy atom. The van der Waals surface area contributed by atoms with Crippen molar-refractivity contribution in [1.29, 1.82) is 0 Å². The van der Waals surface area contributed by atoms with Gasteiger partial charge < -0.3 is 9.32 Å². The zero-order valence-corrected chi connectivity index (χ0v) is 17.4. The number of fused-ring (bicyclic) bond motifs is 1. The molecule has 0 bridgehead atoms. The summed E-state index contributed by atoms with van der Waals surface area (Å²) < 4.78 is 34.2. The van der Waals surface area contributed by atoms with Crippen LogP contribution < -0.4 is 10.7 Å². The van der Waals surface area contributed by atoms with Gasteiger partial charge in [-0.25, -0.2) is 27.9 Å². The fourth-order valence-corrected chi connectivity index (χ4v) is 5.03. The number of piperazine rings is 1. The molecule has 11 nitrogen and oxygen atoms in total. The number of nitrogens with zero attached hydrogens (tertiary/aromatic N) is 6. The van der Waals surface area contributed by atoms with Crippen LogP contribution in [-0.2, 0) is 10.0 Å². The molecule has 0 amide bonds. The lowest BCUT2D eigenvalue weighted by Crippen LogP contribution is -2.48. The van der Waals surface area contributed by atoms with Gasteiger partial charge in [-0.3, -0.25) is 4.98 Å². The minimum absolute atomic E-state index is 0.115. The quantitative estimate of drug-likeness (QED) is 0.495. The van der Waals surface area contributed by atoms with E-state index in [4.69, 9.17) is 4.42 Å². The molecule has 5 rings (SSSR count). The van der Waals surface area contributed by atoms with E-state index in [0.717, 1.165) is 5.69 Å². The maximum Gasteiger partial charge on any atom is 0.417 e. The molecule has 0 aliphatic carbocycles. The number of aromatic nitrogens is 5. The Labute approximate surface area is 177 Å². The number of hydrogen-bond donors (Lipinski definition) is 1. The first-order chi connectivity index (χ1) is 14.9. The van der Waals surface area contributed by atoms with E-state index in [1.54, 1.807) is 4.68 Å². The van der Waals surface area contributed by atoms with Crippen LogP contribution in [0.25, 0.3) is 16.9 Å². The molecule has 0 saturated carbocycles. The normalized spacial score (nSPS) is 15.6. The summed E-state index contributed by atoms with van der Waals surface area (Å²) in [6.07, 6.45) is 3.31. The van der Waals surface area contributed by atoms with E-state index in [1.807, 2.05) is 30.2 Å². The fraction of sp³-hybridized carbons (Fsp3) is 0.263. The predicted octanol–water partition coefficient (Wildman–Crippen LogP) is 0.916. The Morgan fingerprint density at radius 1 is 1.03 bits per heavy atom. The molecule has 12 heteroatoms. The summed E-state index contributed by atoms with van der Waals surface area (Å²) >= 11 is 0. The highest BCUT2D eigenvalue weighted by atomic mass is 32.2. The third-order valence-corrected chi connectivity index (χ3v) is 7.08. The van der Waals surface area contributed by atoms with Crippen molar-refractivity contribution >= 4 is 26.9 Å². The number of aryl methyl sites for hydroxylation is 1. The highest BCUT2D eigenvalue weighted by Gasteiger charge is 2.29. The van der Waals surface area contributed by atoms with Crippen LogP contribution >= 0.6 is 0 Å². The molecule has 1 N–H and O–H groups in total. The van der Waals surface area contributed by atoms with Crippen LogP contribution in [0.5, 0.6) is 0 Å². The summed E-state index contributed by atoms with van der Waals surface area (Å²) in [6.45, 7) is 3.49. The molecule has 0 atom stereocenters. The van der Waals surface area contributed by atoms with Gasteiger partial charge in [-0.15, -0.1) is 0 Å². The van der Waals surface area contributed by atoms with Crippen molar-refractivity contribution in [2.45, 2.75) is 11.8 Å². The number of oxazole rings is 1. The average Bonchev–Trinajstić information content (AvgIpc) is 3.38. The summed E-state index contributed by atoms with van der Waals surface area (Å²) in [7, 11) is -3.70. The molecular weight excluding hydrogens is 422 g/mol. The van der Waals surface area contributed by atoms with Gasteiger partial charge in [0.2, 0.25) is 10.0 Å². The standard InChI is InChI=1S/C19H19N7O4S/c1-13-4-5-26(23-13)18-11-17(20-12-21-18)24-6-8-25(9-7-24)31(28,29)14-2-3-16-15(10-14)22-19(27)30-16/h2-5,10-12H,6-9H2,1H3,(H,22,27). The molecule has 4 aromatic rings. The Morgan fingerprint density at radius 2 is 1.81 bits per heavy atom. The lowest BCUT2D eigenvalue weighted by molar-refractivity contribution is 0.384. The number of anilines is 1. The molecule has 160 valence electrons. The van der Waals surface area contributed by atoms with Gasteiger partial charge in [-0.05, 0) is 31.2 Å². The van der Waals surface area contributed by atoms with Crippen molar-refractivity contribution < 1.29 is 12.8 Å². The first kappa shape index (κ1) is 19.5. The smallest absolute Gasteiger partial charge is 0.408 e. The van der Waals surface area contributed by atoms with Crippen molar-refractivity contribution in [3.8, 4) is 5.82 Å². The number of sulfonamides is 1. The van der Waals surface area contributed by atoms with Gasteiger partial charge in [-0.2, -0.15) is 9.40 Å². The molecule has 4 heterocycles. The van der Waals surface area contributed by atoms with Gasteiger partial charge in [-0.1, -0.05) is 0 Å². The van der Waals surface area contributed by atoms with Gasteiger partial charge in [0, 0.05) is 38.4 Å². The van der Waals surface area contributed by atoms with E-state index in [9.17, 15) is 13.2 Å². The number of rotatable bonds is 4. The van der Waals surface area contributed by atoms with Gasteiger partial charge >= 0.3 is 5.76 Å². The SMILES string of the molecule is Cc1ccn(-c2cc(N3CCN(S(=O)(=O)c4ccc5oc(=O)[nH]c5c4)CC3)ncn2)n1. The number of hydrogen-bond acceptors (Lipinski definition) is 8. The third kappa shape index (κ3) is 3.59. The van der Waals surface area contributed by atoms with E-state index in [1.165, 1.54) is 28.8 Å². The first-order valence-electron chi connectivity index (χ1n) is 9.63.